The average molecular weight is 477 g/mol. The standard InChI is InChI=1S/C32H28O4/c1-31(2)21-32(3,24-17-14-22(15-18-24)29(33)35-25-10-6-4-7-11-25)28-20-23(16-19-27(28)31)30(34)36-26-12-8-5-9-13-26/h4-20H,21H2,1-3H3. The molecule has 1 aliphatic carbocycles. The second-order valence-electron chi connectivity index (χ2n) is 10.1. The number of carbonyl (C=O) groups excluding carboxylic acids is 2. The van der Waals surface area contributed by atoms with E-state index in [4.69, 9.17) is 9.47 Å². The van der Waals surface area contributed by atoms with Crippen LogP contribution in [0.15, 0.2) is 103 Å². The summed E-state index contributed by atoms with van der Waals surface area (Å²) in [6.45, 7) is 6.65. The third-order valence-electron chi connectivity index (χ3n) is 7.04. The molecular weight excluding hydrogens is 448 g/mol. The van der Waals surface area contributed by atoms with Crippen molar-refractivity contribution in [2.24, 2.45) is 0 Å². The minimum Gasteiger partial charge on any atom is -0.423 e. The fourth-order valence-electron chi connectivity index (χ4n) is 5.33. The molecule has 0 aliphatic heterocycles. The third-order valence-corrected chi connectivity index (χ3v) is 7.04. The van der Waals surface area contributed by atoms with Crippen molar-refractivity contribution in [2.45, 2.75) is 38.0 Å². The van der Waals surface area contributed by atoms with Gasteiger partial charge in [-0.15, -0.1) is 0 Å². The lowest BCUT2D eigenvalue weighted by atomic mass is 9.75. The molecule has 4 heteroatoms. The molecular formula is C32H28O4. The van der Waals surface area contributed by atoms with Crippen LogP contribution in [0.5, 0.6) is 11.5 Å². The minimum absolute atomic E-state index is 0.0726. The Kier molecular flexibility index (Phi) is 5.97. The first-order chi connectivity index (χ1) is 17.3. The van der Waals surface area contributed by atoms with Crippen LogP contribution >= 0.6 is 0 Å². The first-order valence-corrected chi connectivity index (χ1v) is 12.1. The molecule has 5 rings (SSSR count). The van der Waals surface area contributed by atoms with Gasteiger partial charge in [0.25, 0.3) is 0 Å². The van der Waals surface area contributed by atoms with Gasteiger partial charge in [-0.1, -0.05) is 75.4 Å². The van der Waals surface area contributed by atoms with Gasteiger partial charge in [0, 0.05) is 5.41 Å². The first-order valence-electron chi connectivity index (χ1n) is 12.1. The molecule has 0 saturated heterocycles. The molecule has 36 heavy (non-hydrogen) atoms. The Morgan fingerprint density at radius 1 is 0.611 bits per heavy atom. The van der Waals surface area contributed by atoms with E-state index in [-0.39, 0.29) is 16.8 Å². The van der Waals surface area contributed by atoms with Gasteiger partial charge in [-0.2, -0.15) is 0 Å². The van der Waals surface area contributed by atoms with E-state index in [1.807, 2.05) is 78.9 Å². The number of carbonyl (C=O) groups is 2. The molecule has 1 unspecified atom stereocenters. The van der Waals surface area contributed by atoms with E-state index >= 15 is 0 Å². The summed E-state index contributed by atoms with van der Waals surface area (Å²) in [6.07, 6.45) is 0.875. The Labute approximate surface area is 211 Å². The van der Waals surface area contributed by atoms with Crippen molar-refractivity contribution in [3.63, 3.8) is 0 Å². The van der Waals surface area contributed by atoms with E-state index in [0.717, 1.165) is 17.5 Å². The smallest absolute Gasteiger partial charge is 0.343 e. The van der Waals surface area contributed by atoms with Crippen molar-refractivity contribution in [2.75, 3.05) is 0 Å². The second kappa shape index (κ2) is 9.12. The maximum Gasteiger partial charge on any atom is 0.343 e. The van der Waals surface area contributed by atoms with Crippen LogP contribution in [0.3, 0.4) is 0 Å². The molecule has 1 atom stereocenters. The number of esters is 2. The third kappa shape index (κ3) is 4.42. The van der Waals surface area contributed by atoms with E-state index in [9.17, 15) is 9.59 Å². The molecule has 0 aromatic heterocycles. The van der Waals surface area contributed by atoms with Gasteiger partial charge >= 0.3 is 11.9 Å². The SMILES string of the molecule is CC1(C)CC(C)(c2ccc(C(=O)Oc3ccccc3)cc2)c2cc(C(=O)Oc3ccccc3)ccc21. The van der Waals surface area contributed by atoms with Crippen LogP contribution in [0.25, 0.3) is 0 Å². The second-order valence-corrected chi connectivity index (χ2v) is 10.1. The predicted molar refractivity (Wildman–Crippen MR) is 140 cm³/mol. The van der Waals surface area contributed by atoms with Crippen LogP contribution in [0, 0.1) is 0 Å². The van der Waals surface area contributed by atoms with Gasteiger partial charge < -0.3 is 9.47 Å². The van der Waals surface area contributed by atoms with Gasteiger partial charge in [-0.25, -0.2) is 9.59 Å². The molecule has 0 saturated carbocycles. The summed E-state index contributed by atoms with van der Waals surface area (Å²) in [4.78, 5) is 25.5. The molecule has 0 heterocycles. The van der Waals surface area contributed by atoms with Gasteiger partial charge in [0.05, 0.1) is 11.1 Å². The Bertz CT molecular complexity index is 1410. The van der Waals surface area contributed by atoms with Gasteiger partial charge in [0.15, 0.2) is 0 Å². The van der Waals surface area contributed by atoms with Crippen LogP contribution in [0.1, 0.15) is 64.6 Å². The topological polar surface area (TPSA) is 52.6 Å². The fraction of sp³-hybridized carbons (Fsp3) is 0.188. The highest BCUT2D eigenvalue weighted by Crippen LogP contribution is 2.53. The Morgan fingerprint density at radius 2 is 1.11 bits per heavy atom. The van der Waals surface area contributed by atoms with E-state index in [2.05, 4.69) is 20.8 Å². The van der Waals surface area contributed by atoms with Crippen molar-refractivity contribution in [3.05, 3.63) is 131 Å². The van der Waals surface area contributed by atoms with Gasteiger partial charge in [0.1, 0.15) is 11.5 Å². The minimum atomic E-state index is -0.393. The monoisotopic (exact) mass is 476 g/mol. The summed E-state index contributed by atoms with van der Waals surface area (Å²) >= 11 is 0. The zero-order chi connectivity index (χ0) is 25.3. The number of hydrogen-bond donors (Lipinski definition) is 0. The number of para-hydroxylation sites is 2. The van der Waals surface area contributed by atoms with Crippen molar-refractivity contribution in [1.82, 2.24) is 0 Å². The van der Waals surface area contributed by atoms with Crippen molar-refractivity contribution >= 4 is 11.9 Å². The summed E-state index contributed by atoms with van der Waals surface area (Å²) in [5, 5.41) is 0. The molecule has 4 aromatic carbocycles. The van der Waals surface area contributed by atoms with Gasteiger partial charge in [-0.3, -0.25) is 0 Å². The highest BCUT2D eigenvalue weighted by molar-refractivity contribution is 5.92. The number of benzene rings is 4. The van der Waals surface area contributed by atoms with Crippen LogP contribution in [-0.2, 0) is 10.8 Å². The molecule has 0 N–H and O–H groups in total. The highest BCUT2D eigenvalue weighted by Gasteiger charge is 2.46. The largest absolute Gasteiger partial charge is 0.423 e. The summed E-state index contributed by atoms with van der Waals surface area (Å²) in [6, 6.07) is 31.6. The van der Waals surface area contributed by atoms with Crippen LogP contribution in [-0.4, -0.2) is 11.9 Å². The predicted octanol–water partition coefficient (Wildman–Crippen LogP) is 7.11. The fourth-order valence-corrected chi connectivity index (χ4v) is 5.33. The summed E-state index contributed by atoms with van der Waals surface area (Å²) < 4.78 is 11.1. The Morgan fingerprint density at radius 3 is 1.67 bits per heavy atom. The molecule has 1 aliphatic rings. The summed E-state index contributed by atoms with van der Waals surface area (Å²) in [5.74, 6) is 0.259. The highest BCUT2D eigenvalue weighted by atomic mass is 16.5. The Balaban J connectivity index is 1.44. The van der Waals surface area contributed by atoms with E-state index in [1.54, 1.807) is 24.3 Å². The molecule has 0 fully saturated rings. The lowest BCUT2D eigenvalue weighted by Gasteiger charge is -2.28. The van der Waals surface area contributed by atoms with Crippen LogP contribution < -0.4 is 9.47 Å². The van der Waals surface area contributed by atoms with Gasteiger partial charge in [-0.05, 0) is 77.1 Å². The van der Waals surface area contributed by atoms with E-state index in [0.29, 0.717) is 22.6 Å². The number of fused-ring (bicyclic) bond motifs is 1. The number of ether oxygens (including phenoxy) is 2. The molecule has 4 aromatic rings. The zero-order valence-corrected chi connectivity index (χ0v) is 20.7. The molecule has 0 radical (unpaired) electrons. The number of rotatable bonds is 5. The molecule has 0 amide bonds. The maximum atomic E-state index is 12.9. The summed E-state index contributed by atoms with van der Waals surface area (Å²) in [7, 11) is 0. The van der Waals surface area contributed by atoms with Crippen molar-refractivity contribution in [3.8, 4) is 11.5 Å². The van der Waals surface area contributed by atoms with Crippen molar-refractivity contribution < 1.29 is 19.1 Å². The molecule has 4 nitrogen and oxygen atoms in total. The van der Waals surface area contributed by atoms with Crippen LogP contribution in [0.2, 0.25) is 0 Å². The van der Waals surface area contributed by atoms with Gasteiger partial charge in [0.2, 0.25) is 0 Å². The molecule has 0 spiro atoms. The van der Waals surface area contributed by atoms with E-state index in [1.165, 1.54) is 5.56 Å². The summed E-state index contributed by atoms with van der Waals surface area (Å²) in [5.41, 5.74) is 4.01. The maximum absolute atomic E-state index is 12.9. The first kappa shape index (κ1) is 23.6. The number of hydrogen-bond acceptors (Lipinski definition) is 4. The quantitative estimate of drug-likeness (QED) is 0.227. The molecule has 0 bridgehead atoms. The zero-order valence-electron chi connectivity index (χ0n) is 20.7. The Hall–Kier alpha value is -4.18. The van der Waals surface area contributed by atoms with Crippen molar-refractivity contribution in [1.29, 1.82) is 0 Å². The normalized spacial score (nSPS) is 17.8. The lowest BCUT2D eigenvalue weighted by molar-refractivity contribution is 0.0725. The molecule has 180 valence electrons. The van der Waals surface area contributed by atoms with Crippen LogP contribution in [0.4, 0.5) is 0 Å². The van der Waals surface area contributed by atoms with E-state index < -0.39 is 5.97 Å². The average Bonchev–Trinajstić information content (AvgIpc) is 3.10. The lowest BCUT2D eigenvalue weighted by Crippen LogP contribution is -2.24.